The normalized spacial score (nSPS) is 10.8. The molecule has 0 unspecified atom stereocenters. The molecular weight excluding hydrogens is 337 g/mol. The van der Waals surface area contributed by atoms with Crippen LogP contribution in [0.2, 0.25) is 0 Å². The zero-order chi connectivity index (χ0) is 14.1. The molecule has 0 spiro atoms. The molecular formula is C16H11BrFNS. The second kappa shape index (κ2) is 5.46. The van der Waals surface area contributed by atoms with Gasteiger partial charge in [-0.05, 0) is 42.8 Å². The fourth-order valence-corrected chi connectivity index (χ4v) is 3.26. The minimum Gasteiger partial charge on any atom is -0.236 e. The molecule has 2 aromatic carbocycles. The van der Waals surface area contributed by atoms with Gasteiger partial charge in [0, 0.05) is 21.0 Å². The summed E-state index contributed by atoms with van der Waals surface area (Å²) in [5, 5.41) is 2.83. The number of hydrogen-bond donors (Lipinski definition) is 0. The average molecular weight is 348 g/mol. The Kier molecular flexibility index (Phi) is 3.68. The number of halogens is 2. The van der Waals surface area contributed by atoms with Crippen molar-refractivity contribution >= 4 is 27.3 Å². The van der Waals surface area contributed by atoms with Gasteiger partial charge in [0.05, 0.1) is 5.69 Å². The molecule has 0 atom stereocenters. The second-order valence-electron chi connectivity index (χ2n) is 4.57. The van der Waals surface area contributed by atoms with Crippen molar-refractivity contribution in [3.05, 3.63) is 63.7 Å². The van der Waals surface area contributed by atoms with Gasteiger partial charge in [0.15, 0.2) is 0 Å². The highest BCUT2D eigenvalue weighted by Crippen LogP contribution is 2.30. The lowest BCUT2D eigenvalue weighted by molar-refractivity contribution is 0.627. The van der Waals surface area contributed by atoms with E-state index in [-0.39, 0.29) is 5.82 Å². The summed E-state index contributed by atoms with van der Waals surface area (Å²) in [4.78, 5) is 4.61. The first-order valence-corrected chi connectivity index (χ1v) is 7.78. The highest BCUT2D eigenvalue weighted by atomic mass is 79.9. The summed E-state index contributed by atoms with van der Waals surface area (Å²) in [7, 11) is 0. The van der Waals surface area contributed by atoms with E-state index in [0.717, 1.165) is 31.9 Å². The zero-order valence-corrected chi connectivity index (χ0v) is 13.1. The molecule has 0 bridgehead atoms. The Labute approximate surface area is 129 Å². The third kappa shape index (κ3) is 2.81. The fourth-order valence-electron chi connectivity index (χ4n) is 2.05. The van der Waals surface area contributed by atoms with Crippen molar-refractivity contribution in [2.24, 2.45) is 0 Å². The van der Waals surface area contributed by atoms with Crippen LogP contribution in [-0.2, 0) is 0 Å². The fraction of sp³-hybridized carbons (Fsp3) is 0.0625. The molecule has 0 saturated carbocycles. The average Bonchev–Trinajstić information content (AvgIpc) is 2.87. The predicted molar refractivity (Wildman–Crippen MR) is 85.4 cm³/mol. The number of nitrogens with zero attached hydrogens (tertiary/aromatic N) is 1. The lowest BCUT2D eigenvalue weighted by Gasteiger charge is -2.00. The van der Waals surface area contributed by atoms with Crippen LogP contribution < -0.4 is 0 Å². The van der Waals surface area contributed by atoms with Crippen molar-refractivity contribution in [1.82, 2.24) is 4.98 Å². The lowest BCUT2D eigenvalue weighted by atomic mass is 10.1. The highest BCUT2D eigenvalue weighted by Gasteiger charge is 2.08. The van der Waals surface area contributed by atoms with Crippen LogP contribution in [-0.4, -0.2) is 4.98 Å². The van der Waals surface area contributed by atoms with Crippen LogP contribution >= 0.6 is 27.3 Å². The van der Waals surface area contributed by atoms with Gasteiger partial charge in [-0.25, -0.2) is 9.37 Å². The maximum atomic E-state index is 13.5. The third-order valence-corrected chi connectivity index (χ3v) is 4.30. The van der Waals surface area contributed by atoms with Crippen molar-refractivity contribution in [3.8, 4) is 21.8 Å². The van der Waals surface area contributed by atoms with E-state index in [0.29, 0.717) is 0 Å². The van der Waals surface area contributed by atoms with Gasteiger partial charge in [0.1, 0.15) is 10.8 Å². The van der Waals surface area contributed by atoms with Gasteiger partial charge in [0.25, 0.3) is 0 Å². The molecule has 4 heteroatoms. The van der Waals surface area contributed by atoms with Gasteiger partial charge in [-0.2, -0.15) is 0 Å². The number of rotatable bonds is 2. The van der Waals surface area contributed by atoms with Crippen LogP contribution in [0.25, 0.3) is 21.8 Å². The summed E-state index contributed by atoms with van der Waals surface area (Å²) in [6.07, 6.45) is 0. The summed E-state index contributed by atoms with van der Waals surface area (Å²) in [6.45, 7) is 1.88. The van der Waals surface area contributed by atoms with E-state index in [1.165, 1.54) is 23.5 Å². The van der Waals surface area contributed by atoms with E-state index >= 15 is 0 Å². The minimum absolute atomic E-state index is 0.223. The minimum atomic E-state index is -0.223. The van der Waals surface area contributed by atoms with Crippen LogP contribution in [0, 0.1) is 12.7 Å². The van der Waals surface area contributed by atoms with Crippen LogP contribution in [0.5, 0.6) is 0 Å². The van der Waals surface area contributed by atoms with E-state index in [1.807, 2.05) is 42.6 Å². The first-order chi connectivity index (χ1) is 9.61. The van der Waals surface area contributed by atoms with Gasteiger partial charge in [0.2, 0.25) is 0 Å². The maximum absolute atomic E-state index is 13.5. The molecule has 0 amide bonds. The van der Waals surface area contributed by atoms with Crippen molar-refractivity contribution in [2.45, 2.75) is 6.92 Å². The van der Waals surface area contributed by atoms with Gasteiger partial charge in [-0.1, -0.05) is 28.1 Å². The molecule has 1 aromatic heterocycles. The molecule has 0 fully saturated rings. The molecule has 0 radical (unpaired) electrons. The van der Waals surface area contributed by atoms with E-state index in [1.54, 1.807) is 0 Å². The monoisotopic (exact) mass is 347 g/mol. The first-order valence-electron chi connectivity index (χ1n) is 6.11. The van der Waals surface area contributed by atoms with E-state index in [4.69, 9.17) is 0 Å². The SMILES string of the molecule is Cc1cc(F)cc(-c2nc(-c3cccc(Br)c3)cs2)c1. The Morgan fingerprint density at radius 2 is 1.95 bits per heavy atom. The molecule has 0 saturated heterocycles. The first kappa shape index (κ1) is 13.5. The van der Waals surface area contributed by atoms with Gasteiger partial charge in [-0.15, -0.1) is 11.3 Å². The third-order valence-electron chi connectivity index (χ3n) is 2.91. The standard InChI is InChI=1S/C16H11BrFNS/c1-10-5-12(8-14(18)6-10)16-19-15(9-20-16)11-3-2-4-13(17)7-11/h2-9H,1H3. The Bertz CT molecular complexity index is 746. The van der Waals surface area contributed by atoms with Crippen LogP contribution in [0.15, 0.2) is 52.3 Å². The predicted octanol–water partition coefficient (Wildman–Crippen LogP) is 5.69. The van der Waals surface area contributed by atoms with Crippen molar-refractivity contribution in [3.63, 3.8) is 0 Å². The molecule has 3 rings (SSSR count). The van der Waals surface area contributed by atoms with Crippen LogP contribution in [0.4, 0.5) is 4.39 Å². The maximum Gasteiger partial charge on any atom is 0.124 e. The number of hydrogen-bond acceptors (Lipinski definition) is 2. The smallest absolute Gasteiger partial charge is 0.124 e. The van der Waals surface area contributed by atoms with Crippen molar-refractivity contribution in [2.75, 3.05) is 0 Å². The van der Waals surface area contributed by atoms with E-state index < -0.39 is 0 Å². The van der Waals surface area contributed by atoms with Gasteiger partial charge >= 0.3 is 0 Å². The van der Waals surface area contributed by atoms with Gasteiger partial charge < -0.3 is 0 Å². The molecule has 1 nitrogen and oxygen atoms in total. The number of aryl methyl sites for hydroxylation is 1. The Hall–Kier alpha value is -1.52. The Morgan fingerprint density at radius 1 is 1.10 bits per heavy atom. The zero-order valence-electron chi connectivity index (χ0n) is 10.7. The quantitative estimate of drug-likeness (QED) is 0.580. The number of benzene rings is 2. The van der Waals surface area contributed by atoms with Gasteiger partial charge in [-0.3, -0.25) is 0 Å². The summed E-state index contributed by atoms with van der Waals surface area (Å²) in [6, 6.07) is 13.0. The number of thiazole rings is 1. The molecule has 1 heterocycles. The molecule has 0 aliphatic heterocycles. The lowest BCUT2D eigenvalue weighted by Crippen LogP contribution is -1.83. The van der Waals surface area contributed by atoms with E-state index in [9.17, 15) is 4.39 Å². The summed E-state index contributed by atoms with van der Waals surface area (Å²) < 4.78 is 14.5. The molecule has 0 N–H and O–H groups in total. The highest BCUT2D eigenvalue weighted by molar-refractivity contribution is 9.10. The Balaban J connectivity index is 2.02. The summed E-state index contributed by atoms with van der Waals surface area (Å²) >= 11 is 4.98. The largest absolute Gasteiger partial charge is 0.236 e. The molecule has 3 aromatic rings. The number of aromatic nitrogens is 1. The van der Waals surface area contributed by atoms with E-state index in [2.05, 4.69) is 20.9 Å². The summed E-state index contributed by atoms with van der Waals surface area (Å²) in [5.41, 5.74) is 3.69. The molecule has 0 aliphatic rings. The topological polar surface area (TPSA) is 12.9 Å². The molecule has 0 aliphatic carbocycles. The van der Waals surface area contributed by atoms with Crippen molar-refractivity contribution in [1.29, 1.82) is 0 Å². The summed E-state index contributed by atoms with van der Waals surface area (Å²) in [5.74, 6) is -0.223. The van der Waals surface area contributed by atoms with Crippen LogP contribution in [0.3, 0.4) is 0 Å². The van der Waals surface area contributed by atoms with Crippen molar-refractivity contribution < 1.29 is 4.39 Å². The molecule has 20 heavy (non-hydrogen) atoms. The van der Waals surface area contributed by atoms with Crippen LogP contribution in [0.1, 0.15) is 5.56 Å². The second-order valence-corrected chi connectivity index (χ2v) is 6.34. The Morgan fingerprint density at radius 3 is 2.70 bits per heavy atom. The molecule has 100 valence electrons.